The molecule has 0 bridgehead atoms. The second-order valence-corrected chi connectivity index (χ2v) is 8.09. The van der Waals surface area contributed by atoms with Gasteiger partial charge in [0, 0.05) is 41.7 Å². The number of carboxylic acids is 2. The molecule has 200 valence electrons. The van der Waals surface area contributed by atoms with Gasteiger partial charge in [0.05, 0.1) is 17.0 Å². The number of Topliss-reactive ketones (excluding diaryl/α,β-unsaturated/α-hetero) is 1. The van der Waals surface area contributed by atoms with Crippen molar-refractivity contribution in [1.82, 2.24) is 4.98 Å². The summed E-state index contributed by atoms with van der Waals surface area (Å²) in [6, 6.07) is 12.1. The smallest absolute Gasteiger partial charge is 0.328 e. The van der Waals surface area contributed by atoms with Gasteiger partial charge in [0.1, 0.15) is 23.3 Å². The third kappa shape index (κ3) is 7.25. The summed E-state index contributed by atoms with van der Waals surface area (Å²) in [7, 11) is 0. The molecule has 3 aromatic carbocycles. The second kappa shape index (κ2) is 12.5. The molecule has 0 saturated carbocycles. The van der Waals surface area contributed by atoms with Crippen LogP contribution in [0.15, 0.2) is 79.0 Å². The van der Waals surface area contributed by atoms with Gasteiger partial charge in [-0.3, -0.25) is 14.4 Å². The minimum absolute atomic E-state index is 0.317. The fourth-order valence-electron chi connectivity index (χ4n) is 3.65. The molecule has 1 unspecified atom stereocenters. The average Bonchev–Trinajstić information content (AvgIpc) is 3.29. The first-order valence-corrected chi connectivity index (χ1v) is 11.2. The molecule has 1 heterocycles. The lowest BCUT2D eigenvalue weighted by Crippen LogP contribution is -2.17. The lowest BCUT2D eigenvalue weighted by molar-refractivity contribution is -0.138. The molecule has 0 fully saturated rings. The highest BCUT2D eigenvalue weighted by molar-refractivity contribution is 6.07. The molecule has 0 amide bonds. The molecule has 0 spiro atoms. The lowest BCUT2D eigenvalue weighted by Gasteiger charge is -2.11. The monoisotopic (exact) mass is 541 g/mol. The second-order valence-electron chi connectivity index (χ2n) is 8.09. The van der Waals surface area contributed by atoms with Crippen LogP contribution in [0, 0.1) is 23.3 Å². The Hall–Kier alpha value is -5.06. The Labute approximate surface area is 218 Å². The predicted molar refractivity (Wildman–Crippen MR) is 131 cm³/mol. The molecule has 4 aromatic rings. The van der Waals surface area contributed by atoms with Crippen molar-refractivity contribution in [1.29, 1.82) is 0 Å². The van der Waals surface area contributed by atoms with Crippen LogP contribution in [0.1, 0.15) is 38.6 Å². The molecule has 11 heteroatoms. The summed E-state index contributed by atoms with van der Waals surface area (Å²) >= 11 is 0. The van der Waals surface area contributed by atoms with Crippen LogP contribution in [-0.2, 0) is 9.59 Å². The van der Waals surface area contributed by atoms with E-state index in [9.17, 15) is 41.8 Å². The number of allylic oxidation sites excluding steroid dienone is 1. The van der Waals surface area contributed by atoms with E-state index in [0.29, 0.717) is 35.2 Å². The summed E-state index contributed by atoms with van der Waals surface area (Å²) in [4.78, 5) is 48.1. The first-order valence-electron chi connectivity index (χ1n) is 11.2. The van der Waals surface area contributed by atoms with Crippen molar-refractivity contribution in [3.63, 3.8) is 0 Å². The number of aromatic amines is 1. The van der Waals surface area contributed by atoms with Gasteiger partial charge in [0.25, 0.3) is 0 Å². The first-order chi connectivity index (χ1) is 18.5. The number of para-hydroxylation sites is 1. The molecule has 1 atom stereocenters. The normalized spacial score (nSPS) is 11.6. The van der Waals surface area contributed by atoms with E-state index < -0.39 is 59.1 Å². The zero-order valence-corrected chi connectivity index (χ0v) is 19.8. The van der Waals surface area contributed by atoms with E-state index in [1.165, 1.54) is 6.20 Å². The highest BCUT2D eigenvalue weighted by Gasteiger charge is 2.27. The minimum Gasteiger partial charge on any atom is -0.481 e. The van der Waals surface area contributed by atoms with Crippen LogP contribution in [0.25, 0.3) is 10.9 Å². The van der Waals surface area contributed by atoms with Crippen LogP contribution < -0.4 is 0 Å². The molecule has 3 N–H and O–H groups in total. The van der Waals surface area contributed by atoms with E-state index in [1.54, 1.807) is 24.3 Å². The Balaban J connectivity index is 0.000000242. The van der Waals surface area contributed by atoms with Crippen molar-refractivity contribution < 1.29 is 47.0 Å². The van der Waals surface area contributed by atoms with Gasteiger partial charge in [-0.05, 0) is 42.0 Å². The molecule has 0 aliphatic heterocycles. The fourth-order valence-corrected chi connectivity index (χ4v) is 3.65. The van der Waals surface area contributed by atoms with Gasteiger partial charge in [-0.1, -0.05) is 18.2 Å². The Bertz CT molecular complexity index is 1590. The summed E-state index contributed by atoms with van der Waals surface area (Å²) in [6.07, 6.45) is 2.42. The molecule has 39 heavy (non-hydrogen) atoms. The SMILES string of the molecule is O=C(CC(C(=O)O)c1c[nH]c2ccccc12)c1ccc(F)cc1F.O=C(O)/C=C/C(=O)c1ccc(F)cc1F. The molecular weight excluding hydrogens is 522 g/mol. The number of carboxylic acid groups (broad SMARTS) is 2. The quantitative estimate of drug-likeness (QED) is 0.150. The molecule has 1 aromatic heterocycles. The van der Waals surface area contributed by atoms with Crippen molar-refractivity contribution in [3.8, 4) is 0 Å². The highest BCUT2D eigenvalue weighted by atomic mass is 19.1. The summed E-state index contributed by atoms with van der Waals surface area (Å²) in [5.41, 5.74) is 0.518. The van der Waals surface area contributed by atoms with Crippen molar-refractivity contribution in [2.24, 2.45) is 0 Å². The standard InChI is InChI=1S/C18H13F2NO3.C10H6F2O3/c19-10-5-6-12(15(20)7-10)17(22)8-13(18(23)24)14-9-21-16-4-2-1-3-11(14)16;11-6-1-2-7(8(12)5-6)9(13)3-4-10(14)15/h1-7,9,13,21H,8H2,(H,23,24);1-5H,(H,14,15)/b;4-3+. The third-order valence-electron chi connectivity index (χ3n) is 5.49. The Morgan fingerprint density at radius 2 is 1.38 bits per heavy atom. The summed E-state index contributed by atoms with van der Waals surface area (Å²) < 4.78 is 52.1. The number of rotatable bonds is 8. The number of ketones is 2. The van der Waals surface area contributed by atoms with Crippen molar-refractivity contribution >= 4 is 34.4 Å². The maximum absolute atomic E-state index is 13.7. The van der Waals surface area contributed by atoms with E-state index in [2.05, 4.69) is 4.98 Å². The van der Waals surface area contributed by atoms with Crippen LogP contribution in [0.5, 0.6) is 0 Å². The molecule has 0 aliphatic carbocycles. The van der Waals surface area contributed by atoms with Crippen LogP contribution in [0.4, 0.5) is 17.6 Å². The van der Waals surface area contributed by atoms with E-state index >= 15 is 0 Å². The zero-order valence-electron chi connectivity index (χ0n) is 19.8. The van der Waals surface area contributed by atoms with Gasteiger partial charge in [0.15, 0.2) is 11.6 Å². The predicted octanol–water partition coefficient (Wildman–Crippen LogP) is 5.68. The van der Waals surface area contributed by atoms with Crippen molar-refractivity contribution in [3.05, 3.63) is 119 Å². The number of hydrogen-bond donors (Lipinski definition) is 3. The number of halogens is 4. The number of carbonyl (C=O) groups is 4. The number of fused-ring (bicyclic) bond motifs is 1. The zero-order chi connectivity index (χ0) is 28.7. The average molecular weight is 541 g/mol. The number of aromatic nitrogens is 1. The summed E-state index contributed by atoms with van der Waals surface area (Å²) in [6.45, 7) is 0. The first kappa shape index (κ1) is 28.5. The van der Waals surface area contributed by atoms with Crippen molar-refractivity contribution in [2.75, 3.05) is 0 Å². The largest absolute Gasteiger partial charge is 0.481 e. The van der Waals surface area contributed by atoms with E-state index in [0.717, 1.165) is 29.8 Å². The molecule has 0 aliphatic rings. The Morgan fingerprint density at radius 1 is 0.795 bits per heavy atom. The van der Waals surface area contributed by atoms with Crippen molar-refractivity contribution in [2.45, 2.75) is 12.3 Å². The molecule has 0 saturated heterocycles. The third-order valence-corrected chi connectivity index (χ3v) is 5.49. The van der Waals surface area contributed by atoms with Crippen LogP contribution >= 0.6 is 0 Å². The summed E-state index contributed by atoms with van der Waals surface area (Å²) in [5, 5.41) is 18.4. The number of nitrogens with one attached hydrogen (secondary N) is 1. The van der Waals surface area contributed by atoms with Gasteiger partial charge in [-0.2, -0.15) is 0 Å². The highest BCUT2D eigenvalue weighted by Crippen LogP contribution is 2.29. The minimum atomic E-state index is -1.31. The Kier molecular flexibility index (Phi) is 9.11. The summed E-state index contributed by atoms with van der Waals surface area (Å²) in [5.74, 6) is -8.75. The number of hydrogen-bond acceptors (Lipinski definition) is 4. The Morgan fingerprint density at radius 3 is 1.95 bits per heavy atom. The van der Waals surface area contributed by atoms with E-state index in [-0.39, 0.29) is 11.1 Å². The molecule has 0 radical (unpaired) electrons. The fraction of sp³-hybridized carbons (Fsp3) is 0.0714. The number of carbonyl (C=O) groups excluding carboxylic acids is 2. The van der Waals surface area contributed by atoms with E-state index in [4.69, 9.17) is 5.11 Å². The van der Waals surface area contributed by atoms with Crippen LogP contribution in [0.3, 0.4) is 0 Å². The topological polar surface area (TPSA) is 125 Å². The number of benzene rings is 3. The molecule has 7 nitrogen and oxygen atoms in total. The van der Waals surface area contributed by atoms with Crippen LogP contribution in [-0.4, -0.2) is 38.7 Å². The molecule has 4 rings (SSSR count). The van der Waals surface area contributed by atoms with Crippen LogP contribution in [0.2, 0.25) is 0 Å². The number of H-pyrrole nitrogens is 1. The lowest BCUT2D eigenvalue weighted by atomic mass is 9.91. The van der Waals surface area contributed by atoms with Gasteiger partial charge >= 0.3 is 11.9 Å². The maximum Gasteiger partial charge on any atom is 0.328 e. The molecular formula is C28H19F4NO6. The van der Waals surface area contributed by atoms with E-state index in [1.807, 2.05) is 0 Å². The van der Waals surface area contributed by atoms with Gasteiger partial charge in [0.2, 0.25) is 0 Å². The van der Waals surface area contributed by atoms with Gasteiger partial charge in [-0.25, -0.2) is 22.4 Å². The van der Waals surface area contributed by atoms with Gasteiger partial charge < -0.3 is 15.2 Å². The maximum atomic E-state index is 13.7. The van der Waals surface area contributed by atoms with Gasteiger partial charge in [-0.15, -0.1) is 0 Å². The number of aliphatic carboxylic acids is 2.